The number of rotatable bonds is 6. The van der Waals surface area contributed by atoms with Crippen molar-refractivity contribution in [1.29, 1.82) is 0 Å². The van der Waals surface area contributed by atoms with Gasteiger partial charge >= 0.3 is 0 Å². The fourth-order valence-corrected chi connectivity index (χ4v) is 3.19. The third-order valence-corrected chi connectivity index (χ3v) is 4.71. The second-order valence-electron chi connectivity index (χ2n) is 5.92. The number of aryl methyl sites for hydroxylation is 1. The lowest BCUT2D eigenvalue weighted by Crippen LogP contribution is -2.24. The lowest BCUT2D eigenvalue weighted by atomic mass is 10.0. The van der Waals surface area contributed by atoms with E-state index in [1.54, 1.807) is 6.07 Å². The number of halogens is 1. The molecular weight excluding hydrogens is 408 g/mol. The fourth-order valence-electron chi connectivity index (χ4n) is 2.65. The number of ether oxygens (including phenoxy) is 1. The summed E-state index contributed by atoms with van der Waals surface area (Å²) >= 11 is 3.44. The van der Waals surface area contributed by atoms with Crippen LogP contribution >= 0.6 is 15.9 Å². The first kappa shape index (κ1) is 18.9. The van der Waals surface area contributed by atoms with Gasteiger partial charge in [0.2, 0.25) is 0 Å². The lowest BCUT2D eigenvalue weighted by molar-refractivity contribution is -0.123. The Morgan fingerprint density at radius 1 is 1.22 bits per heavy atom. The maximum Gasteiger partial charge on any atom is 0.277 e. The zero-order chi connectivity index (χ0) is 19.2. The maximum absolute atomic E-state index is 12.0. The molecule has 0 radical (unpaired) electrons. The monoisotopic (exact) mass is 426 g/mol. The van der Waals surface area contributed by atoms with Gasteiger partial charge in [0.25, 0.3) is 5.91 Å². The van der Waals surface area contributed by atoms with Gasteiger partial charge in [-0.15, -0.1) is 0 Å². The number of benzene rings is 3. The standard InChI is InChI=1S/C21H19BrN2O3/c1-2-14-7-10-20(18(22)11-14)27-13-21(26)24-23-12-17-16-6-4-3-5-15(16)8-9-19(17)25/h3-12,25H,2,13H2,1H3,(H,24,26)/b23-12+. The van der Waals surface area contributed by atoms with Crippen molar-refractivity contribution in [3.8, 4) is 11.5 Å². The molecule has 0 fully saturated rings. The molecule has 1 amide bonds. The van der Waals surface area contributed by atoms with Gasteiger partial charge in [-0.3, -0.25) is 4.79 Å². The molecule has 0 unspecified atom stereocenters. The van der Waals surface area contributed by atoms with Crippen molar-refractivity contribution in [3.63, 3.8) is 0 Å². The molecular formula is C21H19BrN2O3. The van der Waals surface area contributed by atoms with Crippen LogP contribution in [0, 0.1) is 0 Å². The molecule has 3 rings (SSSR count). The average molecular weight is 427 g/mol. The van der Waals surface area contributed by atoms with Crippen molar-refractivity contribution < 1.29 is 14.6 Å². The van der Waals surface area contributed by atoms with Crippen LogP contribution < -0.4 is 10.2 Å². The minimum atomic E-state index is -0.391. The normalized spacial score (nSPS) is 11.0. The molecule has 27 heavy (non-hydrogen) atoms. The third-order valence-electron chi connectivity index (χ3n) is 4.09. The SMILES string of the molecule is CCc1ccc(OCC(=O)N/N=C/c2c(O)ccc3ccccc23)c(Br)c1. The van der Waals surface area contributed by atoms with Gasteiger partial charge < -0.3 is 9.84 Å². The first-order valence-electron chi connectivity index (χ1n) is 8.52. The smallest absolute Gasteiger partial charge is 0.277 e. The van der Waals surface area contributed by atoms with Crippen molar-refractivity contribution in [2.45, 2.75) is 13.3 Å². The van der Waals surface area contributed by atoms with Gasteiger partial charge in [0, 0.05) is 5.56 Å². The van der Waals surface area contributed by atoms with E-state index in [2.05, 4.69) is 33.4 Å². The van der Waals surface area contributed by atoms with Gasteiger partial charge in [-0.2, -0.15) is 5.10 Å². The summed E-state index contributed by atoms with van der Waals surface area (Å²) < 4.78 is 6.32. The molecule has 3 aromatic rings. The predicted octanol–water partition coefficient (Wildman–Crippen LogP) is 4.40. The summed E-state index contributed by atoms with van der Waals surface area (Å²) in [5, 5.41) is 15.8. The molecule has 0 spiro atoms. The molecule has 0 aliphatic heterocycles. The molecule has 0 heterocycles. The van der Waals surface area contributed by atoms with Crippen LogP contribution in [0.15, 0.2) is 64.2 Å². The minimum Gasteiger partial charge on any atom is -0.507 e. The first-order chi connectivity index (χ1) is 13.1. The Bertz CT molecular complexity index is 1000. The summed E-state index contributed by atoms with van der Waals surface area (Å²) in [6.45, 7) is 1.91. The van der Waals surface area contributed by atoms with Crippen LogP contribution in [-0.2, 0) is 11.2 Å². The molecule has 0 aromatic heterocycles. The quantitative estimate of drug-likeness (QED) is 0.453. The van der Waals surface area contributed by atoms with E-state index in [0.29, 0.717) is 11.3 Å². The summed E-state index contributed by atoms with van der Waals surface area (Å²) in [6, 6.07) is 16.8. The zero-order valence-corrected chi connectivity index (χ0v) is 16.4. The largest absolute Gasteiger partial charge is 0.507 e. The third kappa shape index (κ3) is 4.65. The van der Waals surface area contributed by atoms with Gasteiger partial charge in [0.05, 0.1) is 10.7 Å². The van der Waals surface area contributed by atoms with Crippen LogP contribution in [0.1, 0.15) is 18.1 Å². The molecule has 6 heteroatoms. The van der Waals surface area contributed by atoms with Gasteiger partial charge in [-0.05, 0) is 56.9 Å². The Morgan fingerprint density at radius 2 is 2.04 bits per heavy atom. The van der Waals surface area contributed by atoms with E-state index < -0.39 is 5.91 Å². The van der Waals surface area contributed by atoms with Gasteiger partial charge in [-0.25, -0.2) is 5.43 Å². The number of carbonyl (C=O) groups is 1. The van der Waals surface area contributed by atoms with E-state index in [-0.39, 0.29) is 12.4 Å². The lowest BCUT2D eigenvalue weighted by Gasteiger charge is -2.08. The predicted molar refractivity (Wildman–Crippen MR) is 110 cm³/mol. The number of nitrogens with one attached hydrogen (secondary N) is 1. The van der Waals surface area contributed by atoms with Crippen LogP contribution in [0.25, 0.3) is 10.8 Å². The second kappa shape index (κ2) is 8.68. The summed E-state index contributed by atoms with van der Waals surface area (Å²) in [4.78, 5) is 12.0. The molecule has 0 saturated heterocycles. The van der Waals surface area contributed by atoms with E-state index in [9.17, 15) is 9.90 Å². The molecule has 2 N–H and O–H groups in total. The van der Waals surface area contributed by atoms with Gasteiger partial charge in [0.1, 0.15) is 11.5 Å². The summed E-state index contributed by atoms with van der Waals surface area (Å²) in [5.41, 5.74) is 4.14. The summed E-state index contributed by atoms with van der Waals surface area (Å²) in [5.74, 6) is 0.304. The number of nitrogens with zero attached hydrogens (tertiary/aromatic N) is 1. The Balaban J connectivity index is 1.62. The Morgan fingerprint density at radius 3 is 2.81 bits per heavy atom. The number of aromatic hydroxyl groups is 1. The molecule has 0 saturated carbocycles. The highest BCUT2D eigenvalue weighted by molar-refractivity contribution is 9.10. The van der Waals surface area contributed by atoms with Gasteiger partial charge in [0.15, 0.2) is 6.61 Å². The van der Waals surface area contributed by atoms with Crippen LogP contribution in [0.3, 0.4) is 0 Å². The number of amides is 1. The maximum atomic E-state index is 12.0. The highest BCUT2D eigenvalue weighted by Crippen LogP contribution is 2.26. The number of phenolic OH excluding ortho intramolecular Hbond substituents is 1. The number of carbonyl (C=O) groups excluding carboxylic acids is 1. The van der Waals surface area contributed by atoms with Crippen molar-refractivity contribution in [1.82, 2.24) is 5.43 Å². The summed E-state index contributed by atoms with van der Waals surface area (Å²) in [7, 11) is 0. The highest BCUT2D eigenvalue weighted by atomic mass is 79.9. The van der Waals surface area contributed by atoms with E-state index in [4.69, 9.17) is 4.74 Å². The number of fused-ring (bicyclic) bond motifs is 1. The van der Waals surface area contributed by atoms with Crippen LogP contribution in [0.2, 0.25) is 0 Å². The van der Waals surface area contributed by atoms with Crippen LogP contribution in [-0.4, -0.2) is 23.8 Å². The van der Waals surface area contributed by atoms with Crippen molar-refractivity contribution in [2.24, 2.45) is 5.10 Å². The van der Waals surface area contributed by atoms with Crippen molar-refractivity contribution in [3.05, 3.63) is 70.2 Å². The van der Waals surface area contributed by atoms with Crippen molar-refractivity contribution >= 4 is 38.8 Å². The molecule has 3 aromatic carbocycles. The highest BCUT2D eigenvalue weighted by Gasteiger charge is 2.07. The minimum absolute atomic E-state index is 0.0999. The van der Waals surface area contributed by atoms with E-state index in [0.717, 1.165) is 21.7 Å². The molecule has 138 valence electrons. The Kier molecular flexibility index (Phi) is 6.08. The van der Waals surface area contributed by atoms with Crippen molar-refractivity contribution in [2.75, 3.05) is 6.61 Å². The number of hydrogen-bond donors (Lipinski definition) is 2. The summed E-state index contributed by atoms with van der Waals surface area (Å²) in [6.07, 6.45) is 2.36. The average Bonchev–Trinajstić information content (AvgIpc) is 2.68. The van der Waals surface area contributed by atoms with Gasteiger partial charge in [-0.1, -0.05) is 43.3 Å². The van der Waals surface area contributed by atoms with E-state index in [1.807, 2.05) is 48.5 Å². The molecule has 0 aliphatic rings. The number of hydrazone groups is 1. The molecule has 0 bridgehead atoms. The molecule has 0 atom stereocenters. The fraction of sp³-hybridized carbons (Fsp3) is 0.143. The Hall–Kier alpha value is -2.86. The zero-order valence-electron chi connectivity index (χ0n) is 14.8. The van der Waals surface area contributed by atoms with Crippen LogP contribution in [0.4, 0.5) is 0 Å². The first-order valence-corrected chi connectivity index (χ1v) is 9.31. The molecule has 0 aliphatic carbocycles. The van der Waals surface area contributed by atoms with E-state index in [1.165, 1.54) is 11.8 Å². The number of phenols is 1. The number of hydrogen-bond acceptors (Lipinski definition) is 4. The second-order valence-corrected chi connectivity index (χ2v) is 6.77. The molecule has 5 nitrogen and oxygen atoms in total. The topological polar surface area (TPSA) is 70.9 Å². The van der Waals surface area contributed by atoms with Crippen LogP contribution in [0.5, 0.6) is 11.5 Å². The Labute approximate surface area is 165 Å². The van der Waals surface area contributed by atoms with E-state index >= 15 is 0 Å².